The van der Waals surface area contributed by atoms with Crippen molar-refractivity contribution in [3.63, 3.8) is 0 Å². The Bertz CT molecular complexity index is 1890. The molecule has 5 aromatic rings. The molecule has 0 spiro atoms. The average molecular weight is 678 g/mol. The molecule has 0 aliphatic carbocycles. The number of phosphoric ester groups is 1. The van der Waals surface area contributed by atoms with E-state index >= 15 is 8.78 Å². The Morgan fingerprint density at radius 2 is 1.48 bits per heavy atom. The second kappa shape index (κ2) is 14.2. The van der Waals surface area contributed by atoms with Gasteiger partial charge in [-0.05, 0) is 60.0 Å². The molecule has 248 valence electrons. The molecule has 2 heterocycles. The van der Waals surface area contributed by atoms with Crippen LogP contribution >= 0.6 is 7.82 Å². The summed E-state index contributed by atoms with van der Waals surface area (Å²) in [4.78, 5) is 12.0. The van der Waals surface area contributed by atoms with Gasteiger partial charge in [0, 0.05) is 11.1 Å². The van der Waals surface area contributed by atoms with Gasteiger partial charge in [0.2, 0.25) is 0 Å². The molecule has 0 fully saturated rings. The molecule has 0 unspecified atom stereocenters. The van der Waals surface area contributed by atoms with E-state index in [1.807, 2.05) is 0 Å². The van der Waals surface area contributed by atoms with E-state index in [-0.39, 0.29) is 31.4 Å². The first-order valence-corrected chi connectivity index (χ1v) is 16.4. The summed E-state index contributed by atoms with van der Waals surface area (Å²) in [6.45, 7) is -1.15. The molecule has 9 nitrogen and oxygen atoms in total. The van der Waals surface area contributed by atoms with Crippen LogP contribution in [0.4, 0.5) is 18.9 Å². The van der Waals surface area contributed by atoms with Crippen molar-refractivity contribution in [2.24, 2.45) is 0 Å². The van der Waals surface area contributed by atoms with Crippen LogP contribution < -0.4 is 10.1 Å². The maximum Gasteiger partial charge on any atom is 0.475 e. The Hall–Kier alpha value is -4.74. The molecule has 0 bridgehead atoms. The number of fused-ring (bicyclic) bond motifs is 1. The predicted molar refractivity (Wildman–Crippen MR) is 173 cm³/mol. The van der Waals surface area contributed by atoms with E-state index in [1.165, 1.54) is 24.3 Å². The number of nitrogens with zero attached hydrogens (tertiary/aromatic N) is 2. The molecular formula is C35H31F3N3O6P. The van der Waals surface area contributed by atoms with E-state index in [1.54, 1.807) is 85.8 Å². The van der Waals surface area contributed by atoms with Gasteiger partial charge in [-0.3, -0.25) is 23.0 Å². The van der Waals surface area contributed by atoms with Gasteiger partial charge in [0.1, 0.15) is 24.7 Å². The van der Waals surface area contributed by atoms with Crippen molar-refractivity contribution >= 4 is 19.4 Å². The highest BCUT2D eigenvalue weighted by molar-refractivity contribution is 7.48. The van der Waals surface area contributed by atoms with Gasteiger partial charge in [-0.15, -0.1) is 0 Å². The van der Waals surface area contributed by atoms with Gasteiger partial charge in [0.05, 0.1) is 30.3 Å². The minimum absolute atomic E-state index is 0.122. The number of hydrogen-bond donors (Lipinski definition) is 1. The van der Waals surface area contributed by atoms with Gasteiger partial charge in [-0.2, -0.15) is 5.10 Å². The third-order valence-corrected chi connectivity index (χ3v) is 8.76. The van der Waals surface area contributed by atoms with Crippen LogP contribution in [0.25, 0.3) is 22.4 Å². The van der Waals surface area contributed by atoms with Gasteiger partial charge >= 0.3 is 7.82 Å². The molecule has 1 aromatic heterocycles. The lowest BCUT2D eigenvalue weighted by atomic mass is 9.98. The van der Waals surface area contributed by atoms with Crippen molar-refractivity contribution in [3.05, 3.63) is 126 Å². The van der Waals surface area contributed by atoms with Gasteiger partial charge in [0.15, 0.2) is 6.61 Å². The lowest BCUT2D eigenvalue weighted by Gasteiger charge is -2.23. The number of carbonyl (C=O) groups excluding carboxylic acids is 1. The number of nitrogens with one attached hydrogen (secondary N) is 1. The van der Waals surface area contributed by atoms with Crippen molar-refractivity contribution in [2.45, 2.75) is 32.6 Å². The van der Waals surface area contributed by atoms with E-state index < -0.39 is 32.7 Å². The Labute approximate surface area is 274 Å². The van der Waals surface area contributed by atoms with E-state index in [4.69, 9.17) is 18.3 Å². The largest absolute Gasteiger partial charge is 0.482 e. The van der Waals surface area contributed by atoms with Crippen molar-refractivity contribution < 1.29 is 40.8 Å². The summed E-state index contributed by atoms with van der Waals surface area (Å²) in [7, 11) is -4.49. The third kappa shape index (κ3) is 8.03. The number of benzene rings is 4. The maximum absolute atomic E-state index is 15.8. The highest BCUT2D eigenvalue weighted by atomic mass is 31.2. The second-order valence-corrected chi connectivity index (χ2v) is 12.8. The molecule has 48 heavy (non-hydrogen) atoms. The minimum Gasteiger partial charge on any atom is -0.482 e. The number of aromatic nitrogens is 2. The van der Waals surface area contributed by atoms with Gasteiger partial charge in [-0.25, -0.2) is 17.7 Å². The molecule has 13 heteroatoms. The molecule has 6 rings (SSSR count). The standard InChI is InChI=1S/C35H31F3N3O6P/c1-24-33(28-14-17-31-30(18-28)39-32(42)21-44-31)34(27-12-15-29(36)16-13-27)41(40-24)22-35(37,38)23-47-48(43,45-19-25-8-4-2-5-9-25)46-20-26-10-6-3-7-11-26/h2-18H,19-23H2,1H3,(H,39,42). The maximum atomic E-state index is 15.8. The SMILES string of the molecule is Cc1nn(CC(F)(F)COP(=O)(OCc2ccccc2)OCc2ccccc2)c(-c2ccc(F)cc2)c1-c1ccc2c(c1)NC(=O)CO2. The Kier molecular flexibility index (Phi) is 9.79. The van der Waals surface area contributed by atoms with Crippen LogP contribution in [-0.2, 0) is 42.7 Å². The Balaban J connectivity index is 1.27. The number of alkyl halides is 2. The number of hydrogen-bond acceptors (Lipinski definition) is 7. The smallest absolute Gasteiger partial charge is 0.475 e. The number of aryl methyl sites for hydroxylation is 1. The lowest BCUT2D eigenvalue weighted by Crippen LogP contribution is -2.30. The monoisotopic (exact) mass is 677 g/mol. The second-order valence-electron chi connectivity index (χ2n) is 11.1. The molecule has 1 aliphatic heterocycles. The summed E-state index contributed by atoms with van der Waals surface area (Å²) in [6, 6.07) is 28.0. The number of ether oxygens (including phenoxy) is 1. The first-order chi connectivity index (χ1) is 23.1. The molecular weight excluding hydrogens is 646 g/mol. The summed E-state index contributed by atoms with van der Waals surface area (Å²) in [5, 5.41) is 7.18. The van der Waals surface area contributed by atoms with Gasteiger partial charge in [-0.1, -0.05) is 66.7 Å². The number of carbonyl (C=O) groups is 1. The fourth-order valence-corrected chi connectivity index (χ4v) is 6.37. The zero-order valence-corrected chi connectivity index (χ0v) is 26.7. The zero-order chi connectivity index (χ0) is 33.7. The highest BCUT2D eigenvalue weighted by Gasteiger charge is 2.38. The number of anilines is 1. The van der Waals surface area contributed by atoms with Crippen LogP contribution in [0.2, 0.25) is 0 Å². The first-order valence-electron chi connectivity index (χ1n) is 15.0. The summed E-state index contributed by atoms with van der Waals surface area (Å²) in [6.07, 6.45) is 0. The molecule has 0 atom stereocenters. The van der Waals surface area contributed by atoms with Crippen LogP contribution in [0.15, 0.2) is 103 Å². The molecule has 1 N–H and O–H groups in total. The molecule has 1 aliphatic rings. The fraction of sp³-hybridized carbons (Fsp3) is 0.200. The van der Waals surface area contributed by atoms with Crippen molar-refractivity contribution in [1.29, 1.82) is 0 Å². The van der Waals surface area contributed by atoms with E-state index in [0.29, 0.717) is 44.9 Å². The Morgan fingerprint density at radius 1 is 0.875 bits per heavy atom. The normalized spacial score (nSPS) is 13.1. The lowest BCUT2D eigenvalue weighted by molar-refractivity contribution is -0.118. The number of halogens is 3. The topological polar surface area (TPSA) is 101 Å². The summed E-state index contributed by atoms with van der Waals surface area (Å²) < 4.78 is 82.0. The molecule has 0 saturated heterocycles. The minimum atomic E-state index is -4.49. The van der Waals surface area contributed by atoms with E-state index in [0.717, 1.165) is 4.68 Å². The third-order valence-electron chi connectivity index (χ3n) is 7.43. The van der Waals surface area contributed by atoms with Crippen molar-refractivity contribution in [1.82, 2.24) is 9.78 Å². The van der Waals surface area contributed by atoms with Crippen LogP contribution in [0.1, 0.15) is 16.8 Å². The van der Waals surface area contributed by atoms with Crippen molar-refractivity contribution in [2.75, 3.05) is 18.5 Å². The number of phosphoric acid groups is 1. The summed E-state index contributed by atoms with van der Waals surface area (Å²) in [5.41, 5.74) is 3.86. The first kappa shape index (κ1) is 33.2. The van der Waals surface area contributed by atoms with E-state index in [2.05, 4.69) is 10.4 Å². The van der Waals surface area contributed by atoms with Crippen LogP contribution in [0.3, 0.4) is 0 Å². The highest BCUT2D eigenvalue weighted by Crippen LogP contribution is 2.52. The summed E-state index contributed by atoms with van der Waals surface area (Å²) >= 11 is 0. The molecule has 1 amide bonds. The van der Waals surface area contributed by atoms with Crippen LogP contribution in [0, 0.1) is 12.7 Å². The molecule has 0 saturated carbocycles. The zero-order valence-electron chi connectivity index (χ0n) is 25.8. The Morgan fingerprint density at radius 3 is 2.10 bits per heavy atom. The van der Waals surface area contributed by atoms with Crippen LogP contribution in [-0.4, -0.2) is 34.8 Å². The number of rotatable bonds is 13. The van der Waals surface area contributed by atoms with E-state index in [9.17, 15) is 13.8 Å². The van der Waals surface area contributed by atoms with Gasteiger partial charge < -0.3 is 10.1 Å². The quantitative estimate of drug-likeness (QED) is 0.126. The predicted octanol–water partition coefficient (Wildman–Crippen LogP) is 8.19. The van der Waals surface area contributed by atoms with Crippen LogP contribution in [0.5, 0.6) is 5.75 Å². The average Bonchev–Trinajstić information content (AvgIpc) is 3.41. The number of amides is 1. The fourth-order valence-electron chi connectivity index (χ4n) is 5.19. The molecule has 4 aromatic carbocycles. The van der Waals surface area contributed by atoms with Gasteiger partial charge in [0.25, 0.3) is 11.8 Å². The molecule has 0 radical (unpaired) electrons. The van der Waals surface area contributed by atoms with Crippen molar-refractivity contribution in [3.8, 4) is 28.1 Å². The summed E-state index contributed by atoms with van der Waals surface area (Å²) in [5.74, 6) is -3.99.